The van der Waals surface area contributed by atoms with Gasteiger partial charge in [0.25, 0.3) is 0 Å². The highest BCUT2D eigenvalue weighted by Crippen LogP contribution is 2.32. The van der Waals surface area contributed by atoms with Crippen LogP contribution in [0, 0.1) is 12.7 Å². The molecular weight excluding hydrogens is 346 g/mol. The Morgan fingerprint density at radius 2 is 1.71 bits per heavy atom. The van der Waals surface area contributed by atoms with Gasteiger partial charge in [-0.2, -0.15) is 17.5 Å². The number of hydrogen-bond donors (Lipinski definition) is 0. The monoisotopic (exact) mass is 361 g/mol. The van der Waals surface area contributed by atoms with Crippen molar-refractivity contribution in [1.82, 2.24) is 4.31 Å². The van der Waals surface area contributed by atoms with Gasteiger partial charge in [0.05, 0.1) is 10.5 Å². The number of rotatable bonds is 4. The molecule has 0 aliphatic heterocycles. The highest BCUT2D eigenvalue weighted by atomic mass is 32.2. The minimum absolute atomic E-state index is 0.177. The first kappa shape index (κ1) is 18.4. The molecule has 0 heterocycles. The van der Waals surface area contributed by atoms with E-state index >= 15 is 0 Å². The van der Waals surface area contributed by atoms with Gasteiger partial charge in [-0.15, -0.1) is 0 Å². The summed E-state index contributed by atoms with van der Waals surface area (Å²) in [6, 6.07) is 8.12. The number of aryl methyl sites for hydroxylation is 1. The third-order valence-electron chi connectivity index (χ3n) is 3.57. The van der Waals surface area contributed by atoms with Crippen molar-refractivity contribution in [2.75, 3.05) is 7.05 Å². The maximum atomic E-state index is 13.6. The molecule has 3 nitrogen and oxygen atoms in total. The smallest absolute Gasteiger partial charge is 0.207 e. The summed E-state index contributed by atoms with van der Waals surface area (Å²) >= 11 is 0. The van der Waals surface area contributed by atoms with E-state index in [9.17, 15) is 26.0 Å². The van der Waals surface area contributed by atoms with Crippen LogP contribution < -0.4 is 0 Å². The van der Waals surface area contributed by atoms with E-state index in [2.05, 4.69) is 0 Å². The van der Waals surface area contributed by atoms with Crippen LogP contribution >= 0.6 is 0 Å². The Kier molecular flexibility index (Phi) is 5.00. The van der Waals surface area contributed by atoms with E-state index in [1.807, 2.05) is 0 Å². The lowest BCUT2D eigenvalue weighted by molar-refractivity contribution is -0.138. The average Bonchev–Trinajstić information content (AvgIpc) is 2.49. The van der Waals surface area contributed by atoms with Gasteiger partial charge in [-0.3, -0.25) is 0 Å². The number of alkyl halides is 3. The zero-order valence-electron chi connectivity index (χ0n) is 12.9. The molecule has 0 saturated heterocycles. The van der Waals surface area contributed by atoms with E-state index in [1.165, 1.54) is 37.3 Å². The van der Waals surface area contributed by atoms with Crippen LogP contribution in [-0.4, -0.2) is 19.8 Å². The van der Waals surface area contributed by atoms with Crippen LogP contribution in [-0.2, 0) is 22.7 Å². The first-order valence-corrected chi connectivity index (χ1v) is 8.35. The third kappa shape index (κ3) is 3.76. The van der Waals surface area contributed by atoms with Crippen LogP contribution in [0.4, 0.5) is 17.6 Å². The first-order chi connectivity index (χ1) is 11.0. The van der Waals surface area contributed by atoms with Crippen LogP contribution in [0.25, 0.3) is 0 Å². The molecule has 2 rings (SSSR count). The maximum absolute atomic E-state index is 13.6. The molecule has 2 aromatic carbocycles. The van der Waals surface area contributed by atoms with Gasteiger partial charge in [-0.1, -0.05) is 24.3 Å². The molecule has 0 aliphatic carbocycles. The van der Waals surface area contributed by atoms with Crippen LogP contribution in [0.2, 0.25) is 0 Å². The number of sulfonamides is 1. The van der Waals surface area contributed by atoms with Gasteiger partial charge >= 0.3 is 6.18 Å². The number of benzene rings is 2. The van der Waals surface area contributed by atoms with Crippen molar-refractivity contribution >= 4 is 10.0 Å². The zero-order chi connectivity index (χ0) is 18.1. The molecular formula is C16H15F4NO2S. The highest BCUT2D eigenvalue weighted by Gasteiger charge is 2.34. The molecule has 0 spiro atoms. The fraction of sp³-hybridized carbons (Fsp3) is 0.250. The average molecular weight is 361 g/mol. The summed E-state index contributed by atoms with van der Waals surface area (Å²) in [6.45, 7) is 1.00. The zero-order valence-corrected chi connectivity index (χ0v) is 13.7. The molecule has 0 aromatic heterocycles. The summed E-state index contributed by atoms with van der Waals surface area (Å²) in [6.07, 6.45) is -4.59. The van der Waals surface area contributed by atoms with E-state index in [1.54, 1.807) is 0 Å². The second-order valence-electron chi connectivity index (χ2n) is 5.33. The SMILES string of the molecule is Cc1ccc(S(=O)(=O)N(C)Cc2ccccc2C(F)(F)F)cc1F. The predicted molar refractivity (Wildman–Crippen MR) is 81.2 cm³/mol. The summed E-state index contributed by atoms with van der Waals surface area (Å²) in [4.78, 5) is -0.308. The lowest BCUT2D eigenvalue weighted by Crippen LogP contribution is -2.27. The molecule has 0 radical (unpaired) electrons. The fourth-order valence-corrected chi connectivity index (χ4v) is 3.33. The van der Waals surface area contributed by atoms with Crippen molar-refractivity contribution in [1.29, 1.82) is 0 Å². The Morgan fingerprint density at radius 1 is 1.08 bits per heavy atom. The van der Waals surface area contributed by atoms with Crippen LogP contribution in [0.3, 0.4) is 0 Å². The van der Waals surface area contributed by atoms with Crippen molar-refractivity contribution in [2.24, 2.45) is 0 Å². The third-order valence-corrected chi connectivity index (χ3v) is 5.37. The second kappa shape index (κ2) is 6.52. The fourth-order valence-electron chi connectivity index (χ4n) is 2.17. The van der Waals surface area contributed by atoms with Crippen molar-refractivity contribution < 1.29 is 26.0 Å². The molecule has 8 heteroatoms. The number of halogens is 4. The minimum atomic E-state index is -4.59. The largest absolute Gasteiger partial charge is 0.416 e. The topological polar surface area (TPSA) is 37.4 Å². The quantitative estimate of drug-likeness (QED) is 0.773. The molecule has 0 N–H and O–H groups in total. The molecule has 130 valence electrons. The van der Waals surface area contributed by atoms with Crippen LogP contribution in [0.5, 0.6) is 0 Å². The summed E-state index contributed by atoms with van der Waals surface area (Å²) in [5, 5.41) is 0. The van der Waals surface area contributed by atoms with E-state index in [-0.39, 0.29) is 16.0 Å². The first-order valence-electron chi connectivity index (χ1n) is 6.91. The summed E-state index contributed by atoms with van der Waals surface area (Å²) < 4.78 is 78.2. The molecule has 0 aliphatic rings. The molecule has 0 atom stereocenters. The van der Waals surface area contributed by atoms with Crippen molar-refractivity contribution in [3.63, 3.8) is 0 Å². The predicted octanol–water partition coefficient (Wildman–Crippen LogP) is 3.97. The van der Waals surface area contributed by atoms with Crippen LogP contribution in [0.1, 0.15) is 16.7 Å². The van der Waals surface area contributed by atoms with Gasteiger partial charge in [0.1, 0.15) is 5.82 Å². The van der Waals surface area contributed by atoms with Crippen molar-refractivity contribution in [3.8, 4) is 0 Å². The van der Waals surface area contributed by atoms with Gasteiger partial charge < -0.3 is 0 Å². The van der Waals surface area contributed by atoms with Crippen molar-refractivity contribution in [2.45, 2.75) is 24.5 Å². The Morgan fingerprint density at radius 3 is 2.29 bits per heavy atom. The van der Waals surface area contributed by atoms with Gasteiger partial charge in [0, 0.05) is 13.6 Å². The summed E-state index contributed by atoms with van der Waals surface area (Å²) in [5.74, 6) is -0.694. The second-order valence-corrected chi connectivity index (χ2v) is 7.37. The Labute approximate surface area is 137 Å². The van der Waals surface area contributed by atoms with Crippen molar-refractivity contribution in [3.05, 3.63) is 65.0 Å². The normalized spacial score (nSPS) is 12.6. The van der Waals surface area contributed by atoms with Gasteiger partial charge in [-0.05, 0) is 36.2 Å². The van der Waals surface area contributed by atoms with E-state index < -0.39 is 34.1 Å². The molecule has 0 bridgehead atoms. The molecule has 24 heavy (non-hydrogen) atoms. The summed E-state index contributed by atoms with van der Waals surface area (Å²) in [7, 11) is -2.96. The van der Waals surface area contributed by atoms with Gasteiger partial charge in [0.2, 0.25) is 10.0 Å². The standard InChI is InChI=1S/C16H15F4NO2S/c1-11-7-8-13(9-15(11)17)24(22,23)21(2)10-12-5-3-4-6-14(12)16(18,19)20/h3-9H,10H2,1-2H3. The summed E-state index contributed by atoms with van der Waals surface area (Å²) in [5.41, 5.74) is -0.801. The van der Waals surface area contributed by atoms with Gasteiger partial charge in [-0.25, -0.2) is 12.8 Å². The molecule has 0 fully saturated rings. The Bertz CT molecular complexity index is 847. The molecule has 2 aromatic rings. The molecule has 0 saturated carbocycles. The lowest BCUT2D eigenvalue weighted by Gasteiger charge is -2.20. The Balaban J connectivity index is 2.36. The minimum Gasteiger partial charge on any atom is -0.207 e. The highest BCUT2D eigenvalue weighted by molar-refractivity contribution is 7.89. The molecule has 0 unspecified atom stereocenters. The number of nitrogens with zero attached hydrogens (tertiary/aromatic N) is 1. The van der Waals surface area contributed by atoms with Gasteiger partial charge in [0.15, 0.2) is 0 Å². The Hall–Kier alpha value is -1.93. The van der Waals surface area contributed by atoms with E-state index in [0.717, 1.165) is 23.5 Å². The number of hydrogen-bond acceptors (Lipinski definition) is 2. The maximum Gasteiger partial charge on any atom is 0.416 e. The molecule has 0 amide bonds. The van der Waals surface area contributed by atoms with E-state index in [0.29, 0.717) is 0 Å². The van der Waals surface area contributed by atoms with Crippen LogP contribution in [0.15, 0.2) is 47.4 Å². The lowest BCUT2D eigenvalue weighted by atomic mass is 10.1. The van der Waals surface area contributed by atoms with E-state index in [4.69, 9.17) is 0 Å².